The van der Waals surface area contributed by atoms with Crippen molar-refractivity contribution < 1.29 is 18.0 Å². The third-order valence-electron chi connectivity index (χ3n) is 5.56. The standard InChI is InChI=1S/C17H29N3O4S/c1-19(12-16(21)18-14-8-9-14)25(23,24)15-7-4-10-20(11-15)17(22)13-5-2-3-6-13/h13-15H,2-12H2,1H3,(H,18,21)/t15-/m0/s1. The van der Waals surface area contributed by atoms with E-state index in [-0.39, 0.29) is 36.9 Å². The van der Waals surface area contributed by atoms with Gasteiger partial charge in [0.1, 0.15) is 0 Å². The second kappa shape index (κ2) is 7.61. The quantitative estimate of drug-likeness (QED) is 0.745. The number of carbonyl (C=O) groups excluding carboxylic acids is 2. The summed E-state index contributed by atoms with van der Waals surface area (Å²) in [5.41, 5.74) is 0. The van der Waals surface area contributed by atoms with Gasteiger partial charge in [-0.3, -0.25) is 9.59 Å². The predicted octanol–water partition coefficient (Wildman–Crippen LogP) is 0.708. The summed E-state index contributed by atoms with van der Waals surface area (Å²) in [6.45, 7) is 0.755. The number of rotatable bonds is 6. The zero-order valence-electron chi connectivity index (χ0n) is 14.9. The van der Waals surface area contributed by atoms with Crippen molar-refractivity contribution in [1.82, 2.24) is 14.5 Å². The molecule has 1 N–H and O–H groups in total. The van der Waals surface area contributed by atoms with Gasteiger partial charge < -0.3 is 10.2 Å². The Balaban J connectivity index is 1.58. The maximum atomic E-state index is 12.8. The largest absolute Gasteiger partial charge is 0.352 e. The van der Waals surface area contributed by atoms with Gasteiger partial charge in [-0.1, -0.05) is 12.8 Å². The molecule has 2 aliphatic carbocycles. The number of hydrogen-bond donors (Lipinski definition) is 1. The summed E-state index contributed by atoms with van der Waals surface area (Å²) in [6, 6.07) is 0.220. The second-order valence-corrected chi connectivity index (χ2v) is 9.99. The molecule has 3 aliphatic rings. The van der Waals surface area contributed by atoms with Gasteiger partial charge in [-0.05, 0) is 38.5 Å². The Morgan fingerprint density at radius 3 is 2.40 bits per heavy atom. The van der Waals surface area contributed by atoms with E-state index in [0.29, 0.717) is 19.4 Å². The summed E-state index contributed by atoms with van der Waals surface area (Å²) < 4.78 is 26.8. The summed E-state index contributed by atoms with van der Waals surface area (Å²) >= 11 is 0. The lowest BCUT2D eigenvalue weighted by molar-refractivity contribution is -0.136. The van der Waals surface area contributed by atoms with Gasteiger partial charge in [-0.15, -0.1) is 0 Å². The van der Waals surface area contributed by atoms with E-state index in [2.05, 4.69) is 5.32 Å². The third kappa shape index (κ3) is 4.53. The van der Waals surface area contributed by atoms with Gasteiger partial charge in [0.25, 0.3) is 0 Å². The van der Waals surface area contributed by atoms with Crippen molar-refractivity contribution in [2.24, 2.45) is 5.92 Å². The van der Waals surface area contributed by atoms with Crippen LogP contribution in [0, 0.1) is 5.92 Å². The Labute approximate surface area is 150 Å². The summed E-state index contributed by atoms with van der Waals surface area (Å²) in [7, 11) is -2.13. The fourth-order valence-electron chi connectivity index (χ4n) is 3.86. The maximum absolute atomic E-state index is 12.8. The Hall–Kier alpha value is -1.15. The van der Waals surface area contributed by atoms with Crippen molar-refractivity contribution in [2.75, 3.05) is 26.7 Å². The zero-order chi connectivity index (χ0) is 18.0. The molecule has 0 bridgehead atoms. The van der Waals surface area contributed by atoms with Crippen LogP contribution in [-0.4, -0.2) is 67.4 Å². The molecule has 1 saturated heterocycles. The van der Waals surface area contributed by atoms with E-state index in [1.165, 1.54) is 7.05 Å². The SMILES string of the molecule is CN(CC(=O)NC1CC1)S(=O)(=O)[C@H]1CCCN(C(=O)C2CCCC2)C1. The van der Waals surface area contributed by atoms with E-state index >= 15 is 0 Å². The van der Waals surface area contributed by atoms with E-state index < -0.39 is 15.3 Å². The Bertz CT molecular complexity index is 611. The monoisotopic (exact) mass is 371 g/mol. The van der Waals surface area contributed by atoms with Crippen LogP contribution in [0.15, 0.2) is 0 Å². The Morgan fingerprint density at radius 1 is 1.08 bits per heavy atom. The fraction of sp³-hybridized carbons (Fsp3) is 0.882. The molecule has 0 spiro atoms. The first-order valence-electron chi connectivity index (χ1n) is 9.41. The van der Waals surface area contributed by atoms with Crippen molar-refractivity contribution in [3.05, 3.63) is 0 Å². The normalized spacial score (nSPS) is 25.4. The van der Waals surface area contributed by atoms with E-state index in [0.717, 1.165) is 42.8 Å². The molecule has 3 fully saturated rings. The van der Waals surface area contributed by atoms with Crippen LogP contribution < -0.4 is 5.32 Å². The summed E-state index contributed by atoms with van der Waals surface area (Å²) in [4.78, 5) is 26.2. The maximum Gasteiger partial charge on any atom is 0.235 e. The summed E-state index contributed by atoms with van der Waals surface area (Å²) in [5, 5.41) is 2.21. The van der Waals surface area contributed by atoms with E-state index in [1.807, 2.05) is 0 Å². The molecular formula is C17H29N3O4S. The average molecular weight is 372 g/mol. The van der Waals surface area contributed by atoms with Crippen LogP contribution in [0.3, 0.4) is 0 Å². The minimum Gasteiger partial charge on any atom is -0.352 e. The first-order chi connectivity index (χ1) is 11.9. The smallest absolute Gasteiger partial charge is 0.235 e. The molecule has 2 amide bonds. The molecule has 1 atom stereocenters. The van der Waals surface area contributed by atoms with Crippen LogP contribution in [0.1, 0.15) is 51.4 Å². The van der Waals surface area contributed by atoms with Crippen molar-refractivity contribution in [2.45, 2.75) is 62.7 Å². The lowest BCUT2D eigenvalue weighted by Gasteiger charge is -2.35. The number of nitrogens with zero attached hydrogens (tertiary/aromatic N) is 2. The van der Waals surface area contributed by atoms with Gasteiger partial charge in [-0.25, -0.2) is 8.42 Å². The van der Waals surface area contributed by atoms with Gasteiger partial charge in [0.05, 0.1) is 11.8 Å². The van der Waals surface area contributed by atoms with Gasteiger partial charge in [0, 0.05) is 32.1 Å². The van der Waals surface area contributed by atoms with E-state index in [1.54, 1.807) is 4.90 Å². The van der Waals surface area contributed by atoms with Crippen molar-refractivity contribution in [1.29, 1.82) is 0 Å². The Kier molecular flexibility index (Phi) is 5.68. The minimum absolute atomic E-state index is 0.0727. The van der Waals surface area contributed by atoms with Gasteiger partial charge >= 0.3 is 0 Å². The number of hydrogen-bond acceptors (Lipinski definition) is 4. The fourth-order valence-corrected chi connectivity index (χ4v) is 5.50. The average Bonchev–Trinajstić information content (AvgIpc) is 3.23. The third-order valence-corrected chi connectivity index (χ3v) is 7.78. The molecule has 0 unspecified atom stereocenters. The van der Waals surface area contributed by atoms with Crippen LogP contribution in [0.4, 0.5) is 0 Å². The van der Waals surface area contributed by atoms with Gasteiger partial charge in [0.15, 0.2) is 0 Å². The number of nitrogens with one attached hydrogen (secondary N) is 1. The van der Waals surface area contributed by atoms with Crippen LogP contribution in [0.2, 0.25) is 0 Å². The first-order valence-corrected chi connectivity index (χ1v) is 10.9. The Morgan fingerprint density at radius 2 is 1.76 bits per heavy atom. The van der Waals surface area contributed by atoms with Crippen LogP contribution >= 0.6 is 0 Å². The molecule has 3 rings (SSSR count). The van der Waals surface area contributed by atoms with Crippen LogP contribution in [0.5, 0.6) is 0 Å². The van der Waals surface area contributed by atoms with Crippen molar-refractivity contribution >= 4 is 21.8 Å². The highest BCUT2D eigenvalue weighted by atomic mass is 32.2. The summed E-state index contributed by atoms with van der Waals surface area (Å²) in [5.74, 6) is -0.0571. The second-order valence-electron chi connectivity index (χ2n) is 7.67. The van der Waals surface area contributed by atoms with E-state index in [4.69, 9.17) is 0 Å². The molecule has 7 nitrogen and oxygen atoms in total. The van der Waals surface area contributed by atoms with Crippen molar-refractivity contribution in [3.8, 4) is 0 Å². The molecule has 1 aliphatic heterocycles. The molecule has 1 heterocycles. The van der Waals surface area contributed by atoms with E-state index in [9.17, 15) is 18.0 Å². The van der Waals surface area contributed by atoms with Crippen LogP contribution in [0.25, 0.3) is 0 Å². The topological polar surface area (TPSA) is 86.8 Å². The predicted molar refractivity (Wildman–Crippen MR) is 94.3 cm³/mol. The number of likely N-dealkylation sites (tertiary alicyclic amines) is 1. The number of likely N-dealkylation sites (N-methyl/N-ethyl adjacent to an activating group) is 1. The highest BCUT2D eigenvalue weighted by Gasteiger charge is 2.38. The first kappa shape index (κ1) is 18.6. The molecule has 25 heavy (non-hydrogen) atoms. The zero-order valence-corrected chi connectivity index (χ0v) is 15.8. The molecule has 142 valence electrons. The number of amides is 2. The molecule has 0 radical (unpaired) electrons. The van der Waals surface area contributed by atoms with Gasteiger partial charge in [-0.2, -0.15) is 4.31 Å². The number of carbonyl (C=O) groups is 2. The highest BCUT2D eigenvalue weighted by Crippen LogP contribution is 2.29. The number of piperidine rings is 1. The lowest BCUT2D eigenvalue weighted by Crippen LogP contribution is -2.51. The molecule has 0 aromatic carbocycles. The number of sulfonamides is 1. The highest BCUT2D eigenvalue weighted by molar-refractivity contribution is 7.89. The molecule has 2 saturated carbocycles. The van der Waals surface area contributed by atoms with Crippen molar-refractivity contribution in [3.63, 3.8) is 0 Å². The lowest BCUT2D eigenvalue weighted by atomic mass is 10.0. The minimum atomic E-state index is -3.58. The molecule has 0 aromatic heterocycles. The summed E-state index contributed by atoms with van der Waals surface area (Å²) in [6.07, 6.45) is 7.22. The molecular weight excluding hydrogens is 342 g/mol. The van der Waals surface area contributed by atoms with Crippen LogP contribution in [-0.2, 0) is 19.6 Å². The molecule has 8 heteroatoms. The molecule has 0 aromatic rings. The van der Waals surface area contributed by atoms with Gasteiger partial charge in [0.2, 0.25) is 21.8 Å².